The smallest absolute Gasteiger partial charge is 0.339 e. The topological polar surface area (TPSA) is 46.5 Å². The molecule has 3 heteroatoms. The van der Waals surface area contributed by atoms with Gasteiger partial charge < -0.3 is 9.84 Å². The van der Waals surface area contributed by atoms with Crippen LogP contribution in [0.15, 0.2) is 84.9 Å². The first kappa shape index (κ1) is 16.8. The van der Waals surface area contributed by atoms with Crippen LogP contribution < -0.4 is 4.74 Å². The Bertz CT molecular complexity index is 789. The number of aromatic carboxylic acids is 1. The van der Waals surface area contributed by atoms with Gasteiger partial charge in [-0.3, -0.25) is 0 Å². The Morgan fingerprint density at radius 3 is 1.80 bits per heavy atom. The molecule has 3 rings (SSSR count). The third kappa shape index (κ3) is 3.89. The van der Waals surface area contributed by atoms with Gasteiger partial charge in [0.1, 0.15) is 17.4 Å². The summed E-state index contributed by atoms with van der Waals surface area (Å²) in [7, 11) is 0. The van der Waals surface area contributed by atoms with Crippen LogP contribution in [0, 0.1) is 0 Å². The fourth-order valence-corrected chi connectivity index (χ4v) is 3.07. The maximum Gasteiger partial charge on any atom is 0.339 e. The first-order valence-corrected chi connectivity index (χ1v) is 8.25. The Labute approximate surface area is 147 Å². The molecule has 0 aliphatic carbocycles. The van der Waals surface area contributed by atoms with Crippen molar-refractivity contribution in [2.24, 2.45) is 0 Å². The summed E-state index contributed by atoms with van der Waals surface area (Å²) in [5.41, 5.74) is 2.44. The van der Waals surface area contributed by atoms with Gasteiger partial charge in [0, 0.05) is 5.92 Å². The number of carboxylic acids is 1. The Morgan fingerprint density at radius 1 is 0.800 bits per heavy atom. The van der Waals surface area contributed by atoms with E-state index in [1.807, 2.05) is 43.3 Å². The molecule has 0 saturated carbocycles. The highest BCUT2D eigenvalue weighted by molar-refractivity contribution is 5.90. The summed E-state index contributed by atoms with van der Waals surface area (Å²) in [5, 5.41) is 9.37. The van der Waals surface area contributed by atoms with E-state index in [4.69, 9.17) is 4.74 Å². The van der Waals surface area contributed by atoms with Crippen molar-refractivity contribution in [2.45, 2.75) is 18.9 Å². The van der Waals surface area contributed by atoms with E-state index < -0.39 is 5.97 Å². The van der Waals surface area contributed by atoms with Gasteiger partial charge in [-0.25, -0.2) is 4.79 Å². The summed E-state index contributed by atoms with van der Waals surface area (Å²) < 4.78 is 6.10. The van der Waals surface area contributed by atoms with Crippen molar-refractivity contribution in [1.82, 2.24) is 0 Å². The highest BCUT2D eigenvalue weighted by atomic mass is 16.5. The molecular formula is C22H20O3. The Balaban J connectivity index is 1.96. The average molecular weight is 332 g/mol. The molecule has 0 radical (unpaired) electrons. The summed E-state index contributed by atoms with van der Waals surface area (Å²) in [6.07, 6.45) is -0.231. The van der Waals surface area contributed by atoms with Crippen molar-refractivity contribution >= 4 is 5.97 Å². The number of carbonyl (C=O) groups is 1. The molecule has 0 aliphatic rings. The van der Waals surface area contributed by atoms with E-state index >= 15 is 0 Å². The molecule has 3 aromatic rings. The molecule has 126 valence electrons. The monoisotopic (exact) mass is 332 g/mol. The molecule has 25 heavy (non-hydrogen) atoms. The van der Waals surface area contributed by atoms with Gasteiger partial charge >= 0.3 is 5.97 Å². The molecule has 1 atom stereocenters. The summed E-state index contributed by atoms with van der Waals surface area (Å²) >= 11 is 0. The van der Waals surface area contributed by atoms with Crippen LogP contribution in [-0.2, 0) is 0 Å². The molecule has 0 amide bonds. The molecule has 0 bridgehead atoms. The first-order valence-electron chi connectivity index (χ1n) is 8.25. The molecule has 0 spiro atoms. The number of rotatable bonds is 6. The molecule has 0 fully saturated rings. The minimum atomic E-state index is -0.987. The zero-order valence-electron chi connectivity index (χ0n) is 14.0. The standard InChI is InChI=1S/C22H20O3/c1-16(25-20-15-9-8-14-19(20)22(23)24)21(17-10-4-2-5-11-17)18-12-6-3-7-13-18/h2-16,21H,1H3,(H,23,24)/t16-/m0/s1. The second kappa shape index (κ2) is 7.67. The van der Waals surface area contributed by atoms with Gasteiger partial charge in [0.25, 0.3) is 0 Å². The Kier molecular flexibility index (Phi) is 5.14. The van der Waals surface area contributed by atoms with Gasteiger partial charge in [-0.1, -0.05) is 72.8 Å². The van der Waals surface area contributed by atoms with E-state index in [2.05, 4.69) is 24.3 Å². The quantitative estimate of drug-likeness (QED) is 0.692. The second-order valence-corrected chi connectivity index (χ2v) is 5.92. The van der Waals surface area contributed by atoms with E-state index in [-0.39, 0.29) is 17.6 Å². The minimum Gasteiger partial charge on any atom is -0.489 e. The summed E-state index contributed by atoms with van der Waals surface area (Å²) in [6, 6.07) is 27.0. The van der Waals surface area contributed by atoms with Crippen molar-refractivity contribution in [3.63, 3.8) is 0 Å². The SMILES string of the molecule is C[C@H](Oc1ccccc1C(=O)O)C(c1ccccc1)c1ccccc1. The number of hydrogen-bond donors (Lipinski definition) is 1. The molecular weight excluding hydrogens is 312 g/mol. The molecule has 1 N–H and O–H groups in total. The third-order valence-corrected chi connectivity index (χ3v) is 4.22. The molecule has 3 nitrogen and oxygen atoms in total. The molecule has 0 aliphatic heterocycles. The van der Waals surface area contributed by atoms with Crippen LogP contribution >= 0.6 is 0 Å². The lowest BCUT2D eigenvalue weighted by molar-refractivity contribution is 0.0689. The van der Waals surface area contributed by atoms with Gasteiger partial charge in [-0.05, 0) is 30.2 Å². The maximum atomic E-state index is 11.4. The maximum absolute atomic E-state index is 11.4. The van der Waals surface area contributed by atoms with E-state index in [0.717, 1.165) is 11.1 Å². The van der Waals surface area contributed by atoms with Gasteiger partial charge in [0.2, 0.25) is 0 Å². The van der Waals surface area contributed by atoms with E-state index in [1.165, 1.54) is 0 Å². The minimum absolute atomic E-state index is 0.00394. The van der Waals surface area contributed by atoms with Crippen LogP contribution in [0.2, 0.25) is 0 Å². The Hall–Kier alpha value is -3.07. The fraction of sp³-hybridized carbons (Fsp3) is 0.136. The lowest BCUT2D eigenvalue weighted by Gasteiger charge is -2.26. The van der Waals surface area contributed by atoms with Crippen molar-refractivity contribution < 1.29 is 14.6 Å². The number of para-hydroxylation sites is 1. The van der Waals surface area contributed by atoms with Crippen LogP contribution in [0.3, 0.4) is 0 Å². The molecule has 0 aromatic heterocycles. The van der Waals surface area contributed by atoms with Crippen LogP contribution in [-0.4, -0.2) is 17.2 Å². The Morgan fingerprint density at radius 2 is 1.28 bits per heavy atom. The zero-order valence-corrected chi connectivity index (χ0v) is 14.0. The van der Waals surface area contributed by atoms with Gasteiger partial charge in [-0.2, -0.15) is 0 Å². The van der Waals surface area contributed by atoms with Crippen molar-refractivity contribution in [1.29, 1.82) is 0 Å². The van der Waals surface area contributed by atoms with Gasteiger partial charge in [0.15, 0.2) is 0 Å². The zero-order chi connectivity index (χ0) is 17.6. The van der Waals surface area contributed by atoms with Crippen molar-refractivity contribution in [2.75, 3.05) is 0 Å². The lowest BCUT2D eigenvalue weighted by atomic mass is 9.87. The predicted molar refractivity (Wildman–Crippen MR) is 98.2 cm³/mol. The number of hydrogen-bond acceptors (Lipinski definition) is 2. The van der Waals surface area contributed by atoms with Gasteiger partial charge in [0.05, 0.1) is 0 Å². The second-order valence-electron chi connectivity index (χ2n) is 5.92. The number of benzene rings is 3. The number of carboxylic acid groups (broad SMARTS) is 1. The third-order valence-electron chi connectivity index (χ3n) is 4.22. The van der Waals surface area contributed by atoms with E-state index in [9.17, 15) is 9.90 Å². The first-order chi connectivity index (χ1) is 12.2. The van der Waals surface area contributed by atoms with Crippen molar-refractivity contribution in [3.8, 4) is 5.75 Å². The van der Waals surface area contributed by atoms with Crippen LogP contribution in [0.5, 0.6) is 5.75 Å². The van der Waals surface area contributed by atoms with E-state index in [1.54, 1.807) is 24.3 Å². The van der Waals surface area contributed by atoms with Crippen LogP contribution in [0.25, 0.3) is 0 Å². The predicted octanol–water partition coefficient (Wildman–Crippen LogP) is 4.98. The summed E-state index contributed by atoms with van der Waals surface area (Å²) in [5.74, 6) is -0.595. The van der Waals surface area contributed by atoms with Crippen LogP contribution in [0.4, 0.5) is 0 Å². The molecule has 0 unspecified atom stereocenters. The lowest BCUT2D eigenvalue weighted by Crippen LogP contribution is -2.24. The van der Waals surface area contributed by atoms with E-state index in [0.29, 0.717) is 5.75 Å². The van der Waals surface area contributed by atoms with Crippen LogP contribution in [0.1, 0.15) is 34.3 Å². The fourth-order valence-electron chi connectivity index (χ4n) is 3.07. The largest absolute Gasteiger partial charge is 0.489 e. The molecule has 3 aromatic carbocycles. The average Bonchev–Trinajstić information content (AvgIpc) is 2.64. The van der Waals surface area contributed by atoms with Crippen molar-refractivity contribution in [3.05, 3.63) is 102 Å². The summed E-state index contributed by atoms with van der Waals surface area (Å²) in [6.45, 7) is 1.98. The van der Waals surface area contributed by atoms with Gasteiger partial charge in [-0.15, -0.1) is 0 Å². The summed E-state index contributed by atoms with van der Waals surface area (Å²) in [4.78, 5) is 11.4. The highest BCUT2D eigenvalue weighted by Gasteiger charge is 2.24. The normalized spacial score (nSPS) is 11.9. The number of ether oxygens (including phenoxy) is 1. The molecule has 0 heterocycles. The molecule has 0 saturated heterocycles. The highest BCUT2D eigenvalue weighted by Crippen LogP contribution is 2.31.